The van der Waals surface area contributed by atoms with Crippen LogP contribution in [-0.2, 0) is 4.79 Å². The summed E-state index contributed by atoms with van der Waals surface area (Å²) in [5, 5.41) is 0. The molecule has 5 heteroatoms. The molecule has 0 saturated heterocycles. The van der Waals surface area contributed by atoms with Gasteiger partial charge in [-0.3, -0.25) is 0 Å². The summed E-state index contributed by atoms with van der Waals surface area (Å²) in [5.41, 5.74) is 0.442. The molecule has 0 N–H and O–H groups in total. The number of hydrogen-bond acceptors (Lipinski definition) is 4. The lowest BCUT2D eigenvalue weighted by molar-refractivity contribution is 0.390. The molecule has 74 valence electrons. The quantitative estimate of drug-likeness (QED) is 0.618. The van der Waals surface area contributed by atoms with Gasteiger partial charge in [0.2, 0.25) is 6.08 Å². The molecule has 1 rings (SSSR count). The van der Waals surface area contributed by atoms with Gasteiger partial charge in [0.15, 0.2) is 0 Å². The number of hydrogen-bond donors (Lipinski definition) is 0. The maximum absolute atomic E-state index is 10.1. The van der Waals surface area contributed by atoms with Gasteiger partial charge in [-0.25, -0.2) is 4.79 Å². The second kappa shape index (κ2) is 4.79. The molecule has 0 radical (unpaired) electrons. The van der Waals surface area contributed by atoms with Crippen LogP contribution in [0.1, 0.15) is 0 Å². The van der Waals surface area contributed by atoms with Gasteiger partial charge in [-0.1, -0.05) is 0 Å². The number of ether oxygens (including phenoxy) is 2. The van der Waals surface area contributed by atoms with Crippen LogP contribution in [0, 0.1) is 0 Å². The lowest BCUT2D eigenvalue weighted by Crippen LogP contribution is -1.89. The highest BCUT2D eigenvalue weighted by Gasteiger charge is 2.09. The molecule has 0 aromatic heterocycles. The van der Waals surface area contributed by atoms with Crippen LogP contribution >= 0.6 is 15.9 Å². The van der Waals surface area contributed by atoms with E-state index in [0.29, 0.717) is 21.7 Å². The predicted molar refractivity (Wildman–Crippen MR) is 55.0 cm³/mol. The molecule has 0 saturated carbocycles. The summed E-state index contributed by atoms with van der Waals surface area (Å²) in [5.74, 6) is 1.11. The van der Waals surface area contributed by atoms with Crippen molar-refractivity contribution in [3.8, 4) is 11.5 Å². The van der Waals surface area contributed by atoms with E-state index in [1.54, 1.807) is 12.1 Å². The molecule has 0 bridgehead atoms. The Balaban J connectivity index is 3.31. The number of carbonyl (C=O) groups excluding carboxylic acids is 1. The normalized spacial score (nSPS) is 9.07. The molecule has 0 atom stereocenters. The maximum atomic E-state index is 10.1. The number of isocyanates is 1. The van der Waals surface area contributed by atoms with Gasteiger partial charge in [-0.15, -0.1) is 0 Å². The van der Waals surface area contributed by atoms with Crippen molar-refractivity contribution in [3.05, 3.63) is 16.6 Å². The predicted octanol–water partition coefficient (Wildman–Crippen LogP) is 2.43. The number of nitrogens with zero attached hydrogens (tertiary/aromatic N) is 1. The molecule has 1 aromatic carbocycles. The fourth-order valence-electron chi connectivity index (χ4n) is 0.973. The zero-order valence-electron chi connectivity index (χ0n) is 7.70. The van der Waals surface area contributed by atoms with Crippen molar-refractivity contribution >= 4 is 27.7 Å². The van der Waals surface area contributed by atoms with E-state index in [-0.39, 0.29) is 0 Å². The second-order valence-electron chi connectivity index (χ2n) is 2.37. The Bertz CT molecular complexity index is 361. The smallest absolute Gasteiger partial charge is 0.240 e. The molecule has 0 heterocycles. The van der Waals surface area contributed by atoms with Gasteiger partial charge in [-0.2, -0.15) is 4.99 Å². The highest BCUT2D eigenvalue weighted by molar-refractivity contribution is 9.10. The Kier molecular flexibility index (Phi) is 3.68. The van der Waals surface area contributed by atoms with Gasteiger partial charge in [-0.05, 0) is 15.9 Å². The number of benzene rings is 1. The third-order valence-electron chi connectivity index (χ3n) is 1.61. The number of aliphatic imine (C=N–C) groups is 1. The fourth-order valence-corrected chi connectivity index (χ4v) is 1.53. The molecule has 1 aromatic rings. The van der Waals surface area contributed by atoms with Gasteiger partial charge < -0.3 is 9.47 Å². The largest absolute Gasteiger partial charge is 0.495 e. The maximum Gasteiger partial charge on any atom is 0.240 e. The first-order chi connectivity index (χ1) is 6.72. The topological polar surface area (TPSA) is 47.9 Å². The van der Waals surface area contributed by atoms with Crippen LogP contribution in [0.4, 0.5) is 5.69 Å². The molecule has 0 aliphatic carbocycles. The van der Waals surface area contributed by atoms with Crippen molar-refractivity contribution in [2.75, 3.05) is 14.2 Å². The van der Waals surface area contributed by atoms with E-state index < -0.39 is 0 Å². The monoisotopic (exact) mass is 257 g/mol. The third kappa shape index (κ3) is 2.13. The molecule has 4 nitrogen and oxygen atoms in total. The van der Waals surface area contributed by atoms with E-state index in [1.165, 1.54) is 20.3 Å². The van der Waals surface area contributed by atoms with Crippen molar-refractivity contribution < 1.29 is 14.3 Å². The van der Waals surface area contributed by atoms with E-state index in [9.17, 15) is 4.79 Å². The van der Waals surface area contributed by atoms with Crippen molar-refractivity contribution in [1.82, 2.24) is 0 Å². The summed E-state index contributed by atoms with van der Waals surface area (Å²) >= 11 is 3.30. The zero-order chi connectivity index (χ0) is 10.6. The molecule has 0 unspecified atom stereocenters. The van der Waals surface area contributed by atoms with E-state index in [1.807, 2.05) is 0 Å². The highest BCUT2D eigenvalue weighted by atomic mass is 79.9. The second-order valence-corrected chi connectivity index (χ2v) is 3.16. The molecule has 0 aliphatic heterocycles. The number of halogens is 1. The SMILES string of the molecule is COc1cc(N=C=O)cc(OC)c1Br. The Hall–Kier alpha value is -1.32. The molecular weight excluding hydrogens is 250 g/mol. The minimum absolute atomic E-state index is 0.442. The molecular formula is C9H8BrNO3. The van der Waals surface area contributed by atoms with Crippen LogP contribution in [0.2, 0.25) is 0 Å². The van der Waals surface area contributed by atoms with E-state index >= 15 is 0 Å². The van der Waals surface area contributed by atoms with Crippen LogP contribution < -0.4 is 9.47 Å². The molecule has 0 fully saturated rings. The molecule has 0 spiro atoms. The lowest BCUT2D eigenvalue weighted by Gasteiger charge is -2.08. The molecule has 0 aliphatic rings. The zero-order valence-corrected chi connectivity index (χ0v) is 9.29. The molecule has 0 amide bonds. The molecule has 14 heavy (non-hydrogen) atoms. The average molecular weight is 258 g/mol. The average Bonchev–Trinajstić information content (AvgIpc) is 2.20. The minimum atomic E-state index is 0.442. The van der Waals surface area contributed by atoms with E-state index in [0.717, 1.165) is 0 Å². The first-order valence-electron chi connectivity index (χ1n) is 3.72. The first kappa shape index (κ1) is 10.8. The van der Waals surface area contributed by atoms with Gasteiger partial charge in [0, 0.05) is 12.1 Å². The Morgan fingerprint density at radius 2 is 1.79 bits per heavy atom. The van der Waals surface area contributed by atoms with Crippen LogP contribution in [0.5, 0.6) is 11.5 Å². The number of methoxy groups -OCH3 is 2. The summed E-state index contributed by atoms with van der Waals surface area (Å²) in [6, 6.07) is 3.22. The highest BCUT2D eigenvalue weighted by Crippen LogP contribution is 2.38. The van der Waals surface area contributed by atoms with Gasteiger partial charge >= 0.3 is 0 Å². The van der Waals surface area contributed by atoms with Crippen LogP contribution in [-0.4, -0.2) is 20.3 Å². The van der Waals surface area contributed by atoms with Crippen LogP contribution in [0.25, 0.3) is 0 Å². The van der Waals surface area contributed by atoms with E-state index in [4.69, 9.17) is 9.47 Å². The summed E-state index contributed by atoms with van der Waals surface area (Å²) in [6.45, 7) is 0. The standard InChI is InChI=1S/C9H8BrNO3/c1-13-7-3-6(11-5-12)4-8(14-2)9(7)10/h3-4H,1-2H3. The van der Waals surface area contributed by atoms with Gasteiger partial charge in [0.1, 0.15) is 16.0 Å². The van der Waals surface area contributed by atoms with Crippen molar-refractivity contribution in [2.24, 2.45) is 4.99 Å². The fraction of sp³-hybridized carbons (Fsp3) is 0.222. The summed E-state index contributed by atoms with van der Waals surface area (Å²) in [6.07, 6.45) is 1.45. The Labute approximate surface area is 89.7 Å². The first-order valence-corrected chi connectivity index (χ1v) is 4.51. The van der Waals surface area contributed by atoms with Crippen molar-refractivity contribution in [3.63, 3.8) is 0 Å². The third-order valence-corrected chi connectivity index (χ3v) is 2.39. The Morgan fingerprint density at radius 1 is 1.29 bits per heavy atom. The Morgan fingerprint density at radius 3 is 2.14 bits per heavy atom. The van der Waals surface area contributed by atoms with Crippen molar-refractivity contribution in [1.29, 1.82) is 0 Å². The summed E-state index contributed by atoms with van der Waals surface area (Å²) < 4.78 is 10.8. The minimum Gasteiger partial charge on any atom is -0.495 e. The lowest BCUT2D eigenvalue weighted by atomic mass is 10.3. The summed E-state index contributed by atoms with van der Waals surface area (Å²) in [7, 11) is 3.04. The van der Waals surface area contributed by atoms with E-state index in [2.05, 4.69) is 20.9 Å². The van der Waals surface area contributed by atoms with Crippen LogP contribution in [0.15, 0.2) is 21.6 Å². The van der Waals surface area contributed by atoms with Crippen LogP contribution in [0.3, 0.4) is 0 Å². The van der Waals surface area contributed by atoms with Gasteiger partial charge in [0.05, 0.1) is 19.9 Å². The summed E-state index contributed by atoms with van der Waals surface area (Å²) in [4.78, 5) is 13.6. The van der Waals surface area contributed by atoms with Crippen molar-refractivity contribution in [2.45, 2.75) is 0 Å². The number of rotatable bonds is 3. The van der Waals surface area contributed by atoms with Gasteiger partial charge in [0.25, 0.3) is 0 Å².